The first-order valence-corrected chi connectivity index (χ1v) is 11.3. The zero-order valence-corrected chi connectivity index (χ0v) is 19.3. The largest absolute Gasteiger partial charge is 0.496 e. The van der Waals surface area contributed by atoms with Gasteiger partial charge in [0.2, 0.25) is 5.91 Å². The van der Waals surface area contributed by atoms with Gasteiger partial charge in [0.1, 0.15) is 16.9 Å². The van der Waals surface area contributed by atoms with E-state index in [9.17, 15) is 18.0 Å². The van der Waals surface area contributed by atoms with Crippen LogP contribution in [0.3, 0.4) is 0 Å². The molecule has 10 heteroatoms. The van der Waals surface area contributed by atoms with Crippen molar-refractivity contribution >= 4 is 21.9 Å². The van der Waals surface area contributed by atoms with Gasteiger partial charge < -0.3 is 9.47 Å². The number of carbonyl (C=O) groups excluding carboxylic acids is 2. The van der Waals surface area contributed by atoms with Crippen LogP contribution in [-0.4, -0.2) is 42.8 Å². The standard InChI is InChI=1S/C21H27N3O6S/c1-12-17(20(26)30-21(2,3)4)19(24(5)22-12)31(27,28)23-18(25)15-11-10-14-13(15)8-7-9-16(14)29-6/h7-9,15H,10-11H2,1-6H3,(H,23,25). The molecule has 1 aromatic heterocycles. The third kappa shape index (κ3) is 4.43. The first-order valence-electron chi connectivity index (χ1n) is 9.85. The number of fused-ring (bicyclic) bond motifs is 1. The van der Waals surface area contributed by atoms with Crippen LogP contribution >= 0.6 is 0 Å². The summed E-state index contributed by atoms with van der Waals surface area (Å²) < 4.78 is 40.2. The Bertz CT molecular complexity index is 1140. The quantitative estimate of drug-likeness (QED) is 0.696. The minimum atomic E-state index is -4.39. The number of methoxy groups -OCH3 is 1. The van der Waals surface area contributed by atoms with Gasteiger partial charge in [0, 0.05) is 7.05 Å². The molecule has 31 heavy (non-hydrogen) atoms. The molecule has 168 valence electrons. The number of carbonyl (C=O) groups is 2. The van der Waals surface area contributed by atoms with Crippen LogP contribution in [0.15, 0.2) is 23.2 Å². The molecule has 1 N–H and O–H groups in total. The summed E-state index contributed by atoms with van der Waals surface area (Å²) in [5.41, 5.74) is 0.816. The van der Waals surface area contributed by atoms with Crippen LogP contribution < -0.4 is 9.46 Å². The summed E-state index contributed by atoms with van der Waals surface area (Å²) in [7, 11) is -1.44. The third-order valence-electron chi connectivity index (χ3n) is 5.03. The fourth-order valence-electron chi connectivity index (χ4n) is 3.85. The predicted octanol–water partition coefficient (Wildman–Crippen LogP) is 2.23. The Labute approximate surface area is 181 Å². The van der Waals surface area contributed by atoms with Gasteiger partial charge in [-0.15, -0.1) is 0 Å². The molecule has 0 radical (unpaired) electrons. The first kappa shape index (κ1) is 22.8. The van der Waals surface area contributed by atoms with E-state index >= 15 is 0 Å². The van der Waals surface area contributed by atoms with E-state index in [-0.39, 0.29) is 11.3 Å². The number of hydrogen-bond acceptors (Lipinski definition) is 7. The highest BCUT2D eigenvalue weighted by molar-refractivity contribution is 7.90. The van der Waals surface area contributed by atoms with Crippen LogP contribution in [-0.2, 0) is 33.0 Å². The van der Waals surface area contributed by atoms with E-state index in [2.05, 4.69) is 9.82 Å². The molecule has 1 heterocycles. The number of aromatic nitrogens is 2. The smallest absolute Gasteiger partial charge is 0.343 e. The number of nitrogens with one attached hydrogen (secondary N) is 1. The lowest BCUT2D eigenvalue weighted by Crippen LogP contribution is -2.36. The molecule has 3 rings (SSSR count). The van der Waals surface area contributed by atoms with Gasteiger partial charge in [0.05, 0.1) is 18.7 Å². The van der Waals surface area contributed by atoms with E-state index in [4.69, 9.17) is 9.47 Å². The molecule has 1 atom stereocenters. The average molecular weight is 450 g/mol. The second kappa shape index (κ2) is 7.99. The highest BCUT2D eigenvalue weighted by Crippen LogP contribution is 2.38. The molecule has 0 saturated carbocycles. The van der Waals surface area contributed by atoms with Crippen molar-refractivity contribution in [3.63, 3.8) is 0 Å². The molecule has 2 aromatic rings. The molecule has 1 aliphatic rings. The van der Waals surface area contributed by atoms with Crippen molar-refractivity contribution < 1.29 is 27.5 Å². The minimum absolute atomic E-state index is 0.189. The molecule has 1 amide bonds. The molecule has 1 unspecified atom stereocenters. The second-order valence-corrected chi connectivity index (χ2v) is 10.1. The van der Waals surface area contributed by atoms with Crippen molar-refractivity contribution in [1.82, 2.24) is 14.5 Å². The molecule has 1 aliphatic carbocycles. The maximum atomic E-state index is 13.1. The van der Waals surface area contributed by atoms with Crippen molar-refractivity contribution in [3.05, 3.63) is 40.6 Å². The number of sulfonamides is 1. The lowest BCUT2D eigenvalue weighted by molar-refractivity contribution is -0.120. The Morgan fingerprint density at radius 3 is 2.55 bits per heavy atom. The number of esters is 1. The molecule has 1 aromatic carbocycles. The zero-order chi connectivity index (χ0) is 23.1. The summed E-state index contributed by atoms with van der Waals surface area (Å²) in [5, 5.41) is 3.65. The number of nitrogens with zero attached hydrogens (tertiary/aromatic N) is 2. The fraction of sp³-hybridized carbons (Fsp3) is 0.476. The second-order valence-electron chi connectivity index (χ2n) is 8.48. The Kier molecular flexibility index (Phi) is 5.88. The summed E-state index contributed by atoms with van der Waals surface area (Å²) in [4.78, 5) is 25.6. The molecule has 0 saturated heterocycles. The van der Waals surface area contributed by atoms with Crippen molar-refractivity contribution in [2.24, 2.45) is 7.05 Å². The van der Waals surface area contributed by atoms with Gasteiger partial charge in [-0.05, 0) is 57.7 Å². The fourth-order valence-corrected chi connectivity index (χ4v) is 5.24. The molecule has 9 nitrogen and oxygen atoms in total. The Balaban J connectivity index is 1.93. The number of ether oxygens (including phenoxy) is 2. The maximum Gasteiger partial charge on any atom is 0.343 e. The molecule has 0 bridgehead atoms. The van der Waals surface area contributed by atoms with Gasteiger partial charge in [-0.1, -0.05) is 12.1 Å². The van der Waals surface area contributed by atoms with Gasteiger partial charge in [-0.3, -0.25) is 9.48 Å². The maximum absolute atomic E-state index is 13.1. The summed E-state index contributed by atoms with van der Waals surface area (Å²) in [6.45, 7) is 6.55. The van der Waals surface area contributed by atoms with Gasteiger partial charge >= 0.3 is 5.97 Å². The van der Waals surface area contributed by atoms with E-state index in [1.807, 2.05) is 0 Å². The van der Waals surface area contributed by atoms with Crippen LogP contribution in [0.4, 0.5) is 0 Å². The monoisotopic (exact) mass is 449 g/mol. The Morgan fingerprint density at radius 1 is 1.26 bits per heavy atom. The van der Waals surface area contributed by atoms with E-state index in [0.29, 0.717) is 18.6 Å². The van der Waals surface area contributed by atoms with Crippen molar-refractivity contribution in [3.8, 4) is 5.75 Å². The van der Waals surface area contributed by atoms with Gasteiger partial charge in [-0.25, -0.2) is 9.52 Å². The third-order valence-corrected chi connectivity index (χ3v) is 6.47. The topological polar surface area (TPSA) is 117 Å². The lowest BCUT2D eigenvalue weighted by Gasteiger charge is -2.20. The van der Waals surface area contributed by atoms with Crippen molar-refractivity contribution in [2.75, 3.05) is 7.11 Å². The molecular weight excluding hydrogens is 422 g/mol. The summed E-state index contributed by atoms with van der Waals surface area (Å²) >= 11 is 0. The average Bonchev–Trinajstić information content (AvgIpc) is 3.20. The number of hydrogen-bond donors (Lipinski definition) is 1. The highest BCUT2D eigenvalue weighted by Gasteiger charge is 2.37. The molecule has 0 fully saturated rings. The summed E-state index contributed by atoms with van der Waals surface area (Å²) in [6.07, 6.45) is 1.06. The van der Waals surface area contributed by atoms with Crippen LogP contribution in [0.25, 0.3) is 0 Å². The first-order chi connectivity index (χ1) is 14.4. The lowest BCUT2D eigenvalue weighted by atomic mass is 10.0. The SMILES string of the molecule is COc1cccc2c1CCC2C(=O)NS(=O)(=O)c1c(C(=O)OC(C)(C)C)c(C)nn1C. The molecule has 0 spiro atoms. The minimum Gasteiger partial charge on any atom is -0.496 e. The summed E-state index contributed by atoms with van der Waals surface area (Å²) in [5.74, 6) is -1.45. The van der Waals surface area contributed by atoms with E-state index < -0.39 is 38.4 Å². The highest BCUT2D eigenvalue weighted by atomic mass is 32.2. The van der Waals surface area contributed by atoms with Crippen LogP contribution in [0.2, 0.25) is 0 Å². The number of amides is 1. The van der Waals surface area contributed by atoms with Gasteiger partial charge in [-0.2, -0.15) is 13.5 Å². The molecule has 0 aliphatic heterocycles. The number of benzene rings is 1. The number of rotatable bonds is 5. The molecular formula is C21H27N3O6S. The van der Waals surface area contributed by atoms with E-state index in [1.165, 1.54) is 14.0 Å². The van der Waals surface area contributed by atoms with Gasteiger partial charge in [0.15, 0.2) is 5.03 Å². The Morgan fingerprint density at radius 2 is 1.94 bits per heavy atom. The normalized spacial score (nSPS) is 16.0. The van der Waals surface area contributed by atoms with Crippen LogP contribution in [0, 0.1) is 6.92 Å². The summed E-state index contributed by atoms with van der Waals surface area (Å²) in [6, 6.07) is 5.37. The van der Waals surface area contributed by atoms with Crippen LogP contribution in [0.1, 0.15) is 60.3 Å². The predicted molar refractivity (Wildman–Crippen MR) is 112 cm³/mol. The van der Waals surface area contributed by atoms with Gasteiger partial charge in [0.25, 0.3) is 10.0 Å². The van der Waals surface area contributed by atoms with Crippen molar-refractivity contribution in [1.29, 1.82) is 0 Å². The number of aryl methyl sites for hydroxylation is 2. The van der Waals surface area contributed by atoms with Crippen LogP contribution in [0.5, 0.6) is 5.75 Å². The van der Waals surface area contributed by atoms with E-state index in [0.717, 1.165) is 15.8 Å². The van der Waals surface area contributed by atoms with Crippen molar-refractivity contribution in [2.45, 2.75) is 57.1 Å². The Hall–Kier alpha value is -2.88. The van der Waals surface area contributed by atoms with E-state index in [1.54, 1.807) is 46.1 Å². The zero-order valence-electron chi connectivity index (χ0n) is 18.5.